The number of nitrogens with zero attached hydrogens (tertiary/aromatic N) is 3. The van der Waals surface area contributed by atoms with Gasteiger partial charge < -0.3 is 15.0 Å². The average molecular weight is 474 g/mol. The molecular weight excluding hydrogens is 452 g/mol. The lowest BCUT2D eigenvalue weighted by molar-refractivity contribution is -0.137. The maximum Gasteiger partial charge on any atom is 0.416 e. The van der Waals surface area contributed by atoms with E-state index < -0.39 is 24.3 Å². The van der Waals surface area contributed by atoms with Crippen molar-refractivity contribution in [3.05, 3.63) is 70.9 Å². The number of alkyl halides is 4. The first-order valence-electron chi connectivity index (χ1n) is 10.6. The normalized spacial score (nSPS) is 14.2. The number of anilines is 2. The van der Waals surface area contributed by atoms with Gasteiger partial charge in [-0.2, -0.15) is 13.2 Å². The van der Waals surface area contributed by atoms with Gasteiger partial charge in [0.05, 0.1) is 30.2 Å². The summed E-state index contributed by atoms with van der Waals surface area (Å²) < 4.78 is 57.9. The zero-order chi connectivity index (χ0) is 24.3. The molecule has 178 valence electrons. The Bertz CT molecular complexity index is 1190. The molecule has 2 heterocycles. The smallest absolute Gasteiger partial charge is 0.378 e. The van der Waals surface area contributed by atoms with Gasteiger partial charge in [0.2, 0.25) is 5.95 Å². The Kier molecular flexibility index (Phi) is 6.78. The van der Waals surface area contributed by atoms with Crippen LogP contribution < -0.4 is 10.2 Å². The molecule has 1 aliphatic rings. The molecule has 2 aromatic carbocycles. The predicted octanol–water partition coefficient (Wildman–Crippen LogP) is 5.03. The fraction of sp³-hybridized carbons (Fsp3) is 0.292. The minimum atomic E-state index is -4.55. The van der Waals surface area contributed by atoms with Crippen LogP contribution >= 0.6 is 0 Å². The average Bonchev–Trinajstić information content (AvgIpc) is 2.85. The Labute approximate surface area is 193 Å². The summed E-state index contributed by atoms with van der Waals surface area (Å²) in [6.45, 7) is 3.29. The number of carbonyl (C=O) groups excluding carboxylic acids is 1. The van der Waals surface area contributed by atoms with Gasteiger partial charge in [0, 0.05) is 29.9 Å². The van der Waals surface area contributed by atoms with E-state index in [4.69, 9.17) is 4.74 Å². The van der Waals surface area contributed by atoms with Gasteiger partial charge in [0.15, 0.2) is 0 Å². The highest BCUT2D eigenvalue weighted by molar-refractivity contribution is 6.04. The maximum absolute atomic E-state index is 13.6. The van der Waals surface area contributed by atoms with Crippen molar-refractivity contribution >= 4 is 17.5 Å². The fourth-order valence-corrected chi connectivity index (χ4v) is 3.61. The molecule has 0 saturated carbocycles. The van der Waals surface area contributed by atoms with Crippen molar-refractivity contribution in [1.29, 1.82) is 0 Å². The highest BCUT2D eigenvalue weighted by atomic mass is 19.4. The number of hydrogen-bond donors (Lipinski definition) is 1. The van der Waals surface area contributed by atoms with Crippen molar-refractivity contribution in [3.63, 3.8) is 0 Å². The van der Waals surface area contributed by atoms with Crippen LogP contribution in [0.1, 0.15) is 27.2 Å². The molecule has 34 heavy (non-hydrogen) atoms. The van der Waals surface area contributed by atoms with Gasteiger partial charge in [-0.1, -0.05) is 12.1 Å². The number of benzene rings is 2. The minimum absolute atomic E-state index is 0.117. The van der Waals surface area contributed by atoms with E-state index >= 15 is 0 Å². The van der Waals surface area contributed by atoms with Crippen LogP contribution in [0.15, 0.2) is 48.5 Å². The molecule has 4 rings (SSSR count). The summed E-state index contributed by atoms with van der Waals surface area (Å²) in [5.74, 6) is -0.284. The van der Waals surface area contributed by atoms with Crippen LogP contribution in [0.5, 0.6) is 0 Å². The van der Waals surface area contributed by atoms with Crippen molar-refractivity contribution < 1.29 is 27.1 Å². The third-order valence-corrected chi connectivity index (χ3v) is 5.42. The first-order valence-corrected chi connectivity index (χ1v) is 10.6. The molecule has 3 aromatic rings. The number of morpholine rings is 1. The molecule has 1 amide bonds. The van der Waals surface area contributed by atoms with E-state index in [0.717, 1.165) is 17.7 Å². The van der Waals surface area contributed by atoms with E-state index in [1.165, 1.54) is 12.1 Å². The maximum atomic E-state index is 13.6. The largest absolute Gasteiger partial charge is 0.416 e. The third kappa shape index (κ3) is 5.33. The van der Waals surface area contributed by atoms with Crippen molar-refractivity contribution in [1.82, 2.24) is 9.97 Å². The second-order valence-electron chi connectivity index (χ2n) is 7.84. The van der Waals surface area contributed by atoms with E-state index in [0.29, 0.717) is 49.2 Å². The van der Waals surface area contributed by atoms with Gasteiger partial charge in [0.1, 0.15) is 6.67 Å². The summed E-state index contributed by atoms with van der Waals surface area (Å²) in [5.41, 5.74) is 1.54. The van der Waals surface area contributed by atoms with Gasteiger partial charge in [-0.05, 0) is 48.9 Å². The van der Waals surface area contributed by atoms with Gasteiger partial charge in [-0.15, -0.1) is 0 Å². The molecule has 0 spiro atoms. The molecule has 6 nitrogen and oxygen atoms in total. The van der Waals surface area contributed by atoms with Crippen LogP contribution in [-0.4, -0.2) is 42.2 Å². The number of aryl methyl sites for hydroxylation is 1. The van der Waals surface area contributed by atoms with Crippen LogP contribution in [-0.2, 0) is 17.6 Å². The summed E-state index contributed by atoms with van der Waals surface area (Å²) in [6, 6.07) is 10.8. The van der Waals surface area contributed by atoms with Gasteiger partial charge in [-0.25, -0.2) is 14.4 Å². The Morgan fingerprint density at radius 3 is 2.56 bits per heavy atom. The highest BCUT2D eigenvalue weighted by Gasteiger charge is 2.31. The zero-order valence-corrected chi connectivity index (χ0v) is 18.3. The van der Waals surface area contributed by atoms with E-state index in [9.17, 15) is 22.4 Å². The highest BCUT2D eigenvalue weighted by Crippen LogP contribution is 2.31. The summed E-state index contributed by atoms with van der Waals surface area (Å²) in [6.07, 6.45) is -4.55. The molecule has 1 saturated heterocycles. The fourth-order valence-electron chi connectivity index (χ4n) is 3.61. The van der Waals surface area contributed by atoms with Gasteiger partial charge >= 0.3 is 6.18 Å². The number of carbonyl (C=O) groups is 1. The van der Waals surface area contributed by atoms with E-state index in [1.807, 2.05) is 11.8 Å². The number of hydrogen-bond acceptors (Lipinski definition) is 5. The first-order chi connectivity index (χ1) is 16.2. The molecule has 1 N–H and O–H groups in total. The van der Waals surface area contributed by atoms with Crippen molar-refractivity contribution in [3.8, 4) is 11.3 Å². The van der Waals surface area contributed by atoms with Crippen molar-refractivity contribution in [2.24, 2.45) is 0 Å². The summed E-state index contributed by atoms with van der Waals surface area (Å²) in [5, 5.41) is 2.63. The van der Waals surface area contributed by atoms with Crippen LogP contribution in [0.2, 0.25) is 0 Å². The summed E-state index contributed by atoms with van der Waals surface area (Å²) in [4.78, 5) is 23.4. The molecule has 0 bridgehead atoms. The lowest BCUT2D eigenvalue weighted by Crippen LogP contribution is -2.37. The third-order valence-electron chi connectivity index (χ3n) is 5.42. The topological polar surface area (TPSA) is 67.4 Å². The summed E-state index contributed by atoms with van der Waals surface area (Å²) >= 11 is 0. The Morgan fingerprint density at radius 1 is 1.09 bits per heavy atom. The van der Waals surface area contributed by atoms with Crippen LogP contribution in [0.4, 0.5) is 29.2 Å². The van der Waals surface area contributed by atoms with Crippen molar-refractivity contribution in [2.75, 3.05) is 36.5 Å². The molecule has 1 aliphatic heterocycles. The SMILES string of the molecule is Cc1ccc(NC(=O)c2cccc(C(F)(F)F)c2)cc1-c1cc(CF)nc(N2CCOCC2)n1. The first kappa shape index (κ1) is 23.6. The van der Waals surface area contributed by atoms with Gasteiger partial charge in [0.25, 0.3) is 5.91 Å². The van der Waals surface area contributed by atoms with E-state index in [2.05, 4.69) is 15.3 Å². The number of halogens is 4. The van der Waals surface area contributed by atoms with E-state index in [1.54, 1.807) is 24.3 Å². The number of amides is 1. The molecular formula is C24H22F4N4O2. The second-order valence-corrected chi connectivity index (χ2v) is 7.84. The molecule has 1 fully saturated rings. The molecule has 0 atom stereocenters. The zero-order valence-electron chi connectivity index (χ0n) is 18.3. The molecule has 10 heteroatoms. The Hall–Kier alpha value is -3.53. The predicted molar refractivity (Wildman–Crippen MR) is 119 cm³/mol. The van der Waals surface area contributed by atoms with Crippen molar-refractivity contribution in [2.45, 2.75) is 19.8 Å². The second kappa shape index (κ2) is 9.76. The molecule has 0 unspecified atom stereocenters. The lowest BCUT2D eigenvalue weighted by Gasteiger charge is -2.27. The Morgan fingerprint density at radius 2 is 1.85 bits per heavy atom. The lowest BCUT2D eigenvalue weighted by atomic mass is 10.0. The van der Waals surface area contributed by atoms with Crippen LogP contribution in [0, 0.1) is 6.92 Å². The Balaban J connectivity index is 1.63. The number of nitrogens with one attached hydrogen (secondary N) is 1. The van der Waals surface area contributed by atoms with Crippen LogP contribution in [0.25, 0.3) is 11.3 Å². The molecule has 0 radical (unpaired) electrons. The van der Waals surface area contributed by atoms with E-state index in [-0.39, 0.29) is 11.3 Å². The van der Waals surface area contributed by atoms with Gasteiger partial charge in [-0.3, -0.25) is 4.79 Å². The quantitative estimate of drug-likeness (QED) is 0.526. The monoisotopic (exact) mass is 474 g/mol. The minimum Gasteiger partial charge on any atom is -0.378 e. The summed E-state index contributed by atoms with van der Waals surface area (Å²) in [7, 11) is 0. The standard InChI is InChI=1S/C24H22F4N4O2/c1-15-5-6-18(29-22(33)16-3-2-4-17(11-16)24(26,27)28)12-20(15)21-13-19(14-25)30-23(31-21)32-7-9-34-10-8-32/h2-6,11-13H,7-10,14H2,1H3,(H,29,33). The number of aromatic nitrogens is 2. The molecule has 1 aromatic heterocycles. The van der Waals surface area contributed by atoms with Crippen LogP contribution in [0.3, 0.4) is 0 Å². The molecule has 0 aliphatic carbocycles. The number of ether oxygens (including phenoxy) is 1. The number of rotatable bonds is 5.